The first kappa shape index (κ1) is 21.5. The first-order valence-corrected chi connectivity index (χ1v) is 13.0. The number of thioether (sulfide) groups is 1. The minimum Gasteiger partial charge on any atom is -0.321 e. The van der Waals surface area contributed by atoms with Crippen LogP contribution in [0.5, 0.6) is 0 Å². The van der Waals surface area contributed by atoms with Crippen molar-refractivity contribution in [3.05, 3.63) is 113 Å². The Labute approximate surface area is 205 Å². The van der Waals surface area contributed by atoms with Crippen LogP contribution in [-0.2, 0) is 10.0 Å². The molecular formula is C27H16N2O4S2. The molecule has 4 aromatic rings. The zero-order chi connectivity index (χ0) is 24.2. The first-order valence-electron chi connectivity index (χ1n) is 10.7. The molecule has 8 heteroatoms. The van der Waals surface area contributed by atoms with E-state index < -0.39 is 10.0 Å². The number of anilines is 1. The molecule has 0 bridgehead atoms. The number of Topliss-reactive ketones (excluding diaryl/α,β-unsaturated/α-hetero) is 1. The molecule has 0 atom stereocenters. The van der Waals surface area contributed by atoms with E-state index in [4.69, 9.17) is 0 Å². The highest BCUT2D eigenvalue weighted by Gasteiger charge is 2.28. The van der Waals surface area contributed by atoms with E-state index in [-0.39, 0.29) is 22.3 Å². The van der Waals surface area contributed by atoms with Gasteiger partial charge in [-0.2, -0.15) is 12.8 Å². The minimum atomic E-state index is -3.98. The van der Waals surface area contributed by atoms with Gasteiger partial charge in [-0.1, -0.05) is 66.4 Å². The average molecular weight is 497 g/mol. The molecule has 0 fully saturated rings. The second kappa shape index (κ2) is 8.04. The molecule has 1 N–H and O–H groups in total. The van der Waals surface area contributed by atoms with Gasteiger partial charge in [0, 0.05) is 32.7 Å². The van der Waals surface area contributed by atoms with E-state index in [0.29, 0.717) is 21.6 Å². The standard InChI is InChI=1S/C27H16N2O4S2/c30-26-18-10-5-4-9-17(18)22(29-35(32,33)16-7-2-1-3-8-16)15-24(26)34-23-14-13-21-25-19(23)11-6-12-20(25)27(31)28-21/h1-15H,(H,28,31)/b29-22-. The van der Waals surface area contributed by atoms with Gasteiger partial charge in [0.1, 0.15) is 0 Å². The van der Waals surface area contributed by atoms with Crippen LogP contribution >= 0.6 is 11.8 Å². The van der Waals surface area contributed by atoms with Gasteiger partial charge in [-0.25, -0.2) is 0 Å². The number of hydrogen-bond donors (Lipinski definition) is 1. The molecule has 1 heterocycles. The Balaban J connectivity index is 1.48. The molecule has 170 valence electrons. The van der Waals surface area contributed by atoms with Gasteiger partial charge in [-0.05, 0) is 41.8 Å². The van der Waals surface area contributed by atoms with E-state index in [1.165, 1.54) is 30.0 Å². The third-order valence-corrected chi connectivity index (χ3v) is 8.32. The smallest absolute Gasteiger partial charge is 0.282 e. The van der Waals surface area contributed by atoms with Crippen LogP contribution in [0.3, 0.4) is 0 Å². The lowest BCUT2D eigenvalue weighted by molar-refractivity contribution is 0.102. The monoisotopic (exact) mass is 496 g/mol. The summed E-state index contributed by atoms with van der Waals surface area (Å²) in [5, 5.41) is 4.51. The van der Waals surface area contributed by atoms with Gasteiger partial charge < -0.3 is 5.32 Å². The Morgan fingerprint density at radius 3 is 2.26 bits per heavy atom. The number of sulfonamides is 1. The van der Waals surface area contributed by atoms with Crippen molar-refractivity contribution in [1.82, 2.24) is 0 Å². The van der Waals surface area contributed by atoms with E-state index in [1.807, 2.05) is 24.3 Å². The number of ketones is 1. The van der Waals surface area contributed by atoms with E-state index in [1.54, 1.807) is 48.5 Å². The Morgan fingerprint density at radius 2 is 1.46 bits per heavy atom. The Bertz CT molecular complexity index is 1740. The third-order valence-electron chi connectivity index (χ3n) is 5.91. The molecule has 0 aromatic heterocycles. The predicted octanol–water partition coefficient (Wildman–Crippen LogP) is 5.46. The molecule has 6 rings (SSSR count). The number of rotatable bonds is 4. The number of nitrogens with zero attached hydrogens (tertiary/aromatic N) is 1. The molecule has 4 aromatic carbocycles. The number of hydrogen-bond acceptors (Lipinski definition) is 5. The van der Waals surface area contributed by atoms with Gasteiger partial charge in [-0.15, -0.1) is 0 Å². The summed E-state index contributed by atoms with van der Waals surface area (Å²) in [5.74, 6) is -0.366. The maximum atomic E-state index is 13.4. The van der Waals surface area contributed by atoms with Crippen LogP contribution < -0.4 is 5.32 Å². The van der Waals surface area contributed by atoms with E-state index >= 15 is 0 Å². The molecule has 0 radical (unpaired) electrons. The van der Waals surface area contributed by atoms with Crippen molar-refractivity contribution in [3.8, 4) is 0 Å². The summed E-state index contributed by atoms with van der Waals surface area (Å²) in [7, 11) is -3.98. The highest BCUT2D eigenvalue weighted by atomic mass is 32.2. The zero-order valence-corrected chi connectivity index (χ0v) is 19.7. The molecular weight excluding hydrogens is 480 g/mol. The second-order valence-electron chi connectivity index (χ2n) is 8.04. The summed E-state index contributed by atoms with van der Waals surface area (Å²) >= 11 is 1.23. The molecule has 0 spiro atoms. The molecule has 2 aliphatic rings. The van der Waals surface area contributed by atoms with Gasteiger partial charge in [0.2, 0.25) is 0 Å². The van der Waals surface area contributed by atoms with Crippen LogP contribution in [0.25, 0.3) is 10.8 Å². The molecule has 0 saturated heterocycles. The molecule has 35 heavy (non-hydrogen) atoms. The maximum Gasteiger partial charge on any atom is 0.282 e. The van der Waals surface area contributed by atoms with Crippen molar-refractivity contribution < 1.29 is 18.0 Å². The van der Waals surface area contributed by atoms with Crippen LogP contribution in [0.1, 0.15) is 26.3 Å². The van der Waals surface area contributed by atoms with Crippen LogP contribution in [0.4, 0.5) is 5.69 Å². The maximum absolute atomic E-state index is 13.4. The molecule has 1 amide bonds. The molecule has 0 saturated carbocycles. The van der Waals surface area contributed by atoms with E-state index in [2.05, 4.69) is 9.71 Å². The fourth-order valence-corrected chi connectivity index (χ4v) is 6.34. The summed E-state index contributed by atoms with van der Waals surface area (Å²) in [6.07, 6.45) is 1.53. The summed E-state index contributed by atoms with van der Waals surface area (Å²) < 4.78 is 30.1. The summed E-state index contributed by atoms with van der Waals surface area (Å²) in [6.45, 7) is 0. The average Bonchev–Trinajstić information content (AvgIpc) is 3.21. The van der Waals surface area contributed by atoms with Gasteiger partial charge in [-0.3, -0.25) is 9.59 Å². The molecule has 0 unspecified atom stereocenters. The quantitative estimate of drug-likeness (QED) is 0.405. The fourth-order valence-electron chi connectivity index (χ4n) is 4.30. The lowest BCUT2D eigenvalue weighted by Crippen LogP contribution is -2.17. The van der Waals surface area contributed by atoms with Crippen LogP contribution in [0, 0.1) is 0 Å². The Hall–Kier alpha value is -4.01. The zero-order valence-electron chi connectivity index (χ0n) is 18.1. The minimum absolute atomic E-state index is 0.0779. The van der Waals surface area contributed by atoms with Gasteiger partial charge in [0.05, 0.1) is 15.5 Å². The van der Waals surface area contributed by atoms with Crippen molar-refractivity contribution >= 4 is 55.6 Å². The van der Waals surface area contributed by atoms with Crippen LogP contribution in [0.2, 0.25) is 0 Å². The largest absolute Gasteiger partial charge is 0.321 e. The summed E-state index contributed by atoms with van der Waals surface area (Å²) in [5.41, 5.74) is 2.38. The van der Waals surface area contributed by atoms with Gasteiger partial charge in [0.15, 0.2) is 5.78 Å². The van der Waals surface area contributed by atoms with Crippen molar-refractivity contribution in [3.63, 3.8) is 0 Å². The highest BCUT2D eigenvalue weighted by molar-refractivity contribution is 8.04. The summed E-state index contributed by atoms with van der Waals surface area (Å²) in [4.78, 5) is 26.9. The van der Waals surface area contributed by atoms with E-state index in [0.717, 1.165) is 21.4 Å². The van der Waals surface area contributed by atoms with Crippen molar-refractivity contribution in [2.75, 3.05) is 5.32 Å². The summed E-state index contributed by atoms with van der Waals surface area (Å²) in [6, 6.07) is 24.0. The second-order valence-corrected chi connectivity index (χ2v) is 10.7. The number of allylic oxidation sites excluding steroid dienone is 2. The normalized spacial score (nSPS) is 15.8. The van der Waals surface area contributed by atoms with Crippen molar-refractivity contribution in [1.29, 1.82) is 0 Å². The number of amides is 1. The highest BCUT2D eigenvalue weighted by Crippen LogP contribution is 2.42. The predicted molar refractivity (Wildman–Crippen MR) is 137 cm³/mol. The number of carbonyl (C=O) groups excluding carboxylic acids is 2. The number of fused-ring (bicyclic) bond motifs is 1. The Kier molecular flexibility index (Phi) is 4.94. The Morgan fingerprint density at radius 1 is 0.743 bits per heavy atom. The number of nitrogens with one attached hydrogen (secondary N) is 1. The lowest BCUT2D eigenvalue weighted by Gasteiger charge is -2.18. The SMILES string of the molecule is O=C1C(Sc2ccc3c4c(cccc24)C(=O)N3)=C/C(=N/S(=O)(=O)c2ccccc2)c2ccccc21. The van der Waals surface area contributed by atoms with E-state index in [9.17, 15) is 18.0 Å². The topological polar surface area (TPSA) is 92.7 Å². The van der Waals surface area contributed by atoms with Crippen molar-refractivity contribution in [2.24, 2.45) is 4.40 Å². The fraction of sp³-hybridized carbons (Fsp3) is 0. The first-order chi connectivity index (χ1) is 16.9. The van der Waals surface area contributed by atoms with Gasteiger partial charge in [0.25, 0.3) is 15.9 Å². The van der Waals surface area contributed by atoms with Gasteiger partial charge >= 0.3 is 0 Å². The number of benzene rings is 4. The molecule has 1 aliphatic heterocycles. The molecule has 1 aliphatic carbocycles. The van der Waals surface area contributed by atoms with Crippen LogP contribution in [0.15, 0.2) is 110 Å². The van der Waals surface area contributed by atoms with Crippen LogP contribution in [-0.4, -0.2) is 25.8 Å². The van der Waals surface area contributed by atoms with Crippen molar-refractivity contribution in [2.45, 2.75) is 9.79 Å². The third kappa shape index (κ3) is 3.58. The lowest BCUT2D eigenvalue weighted by atomic mass is 9.94. The number of carbonyl (C=O) groups is 2. The molecule has 6 nitrogen and oxygen atoms in total.